The standard InChI is InChI=1S/C10H16N2O3S2/c1-7(17(3)14)4-5-11-10-12-6-8(16-10)9(13)15-2/h6-7H,4-5H2,1-3H3,(H,11,12). The quantitative estimate of drug-likeness (QED) is 0.797. The zero-order chi connectivity index (χ0) is 12.8. The molecule has 1 N–H and O–H groups in total. The Balaban J connectivity index is 2.40. The predicted molar refractivity (Wildman–Crippen MR) is 70.1 cm³/mol. The van der Waals surface area contributed by atoms with Crippen molar-refractivity contribution in [2.24, 2.45) is 0 Å². The van der Waals surface area contributed by atoms with Crippen LogP contribution in [-0.2, 0) is 15.5 Å². The third-order valence-corrected chi connectivity index (χ3v) is 4.59. The van der Waals surface area contributed by atoms with Crippen LogP contribution in [0.5, 0.6) is 0 Å². The molecule has 96 valence electrons. The highest BCUT2D eigenvalue weighted by Crippen LogP contribution is 2.18. The summed E-state index contributed by atoms with van der Waals surface area (Å²) in [5.74, 6) is -0.376. The molecule has 0 saturated carbocycles. The van der Waals surface area contributed by atoms with Gasteiger partial charge in [0, 0.05) is 28.9 Å². The molecule has 1 aromatic heterocycles. The monoisotopic (exact) mass is 276 g/mol. The number of aromatic nitrogens is 1. The van der Waals surface area contributed by atoms with E-state index >= 15 is 0 Å². The lowest BCUT2D eigenvalue weighted by atomic mass is 10.3. The van der Waals surface area contributed by atoms with Gasteiger partial charge >= 0.3 is 5.97 Å². The minimum Gasteiger partial charge on any atom is -0.465 e. The summed E-state index contributed by atoms with van der Waals surface area (Å²) in [6.45, 7) is 2.63. The fourth-order valence-corrected chi connectivity index (χ4v) is 2.31. The first kappa shape index (κ1) is 14.1. The number of hydrogen-bond donors (Lipinski definition) is 1. The van der Waals surface area contributed by atoms with Gasteiger partial charge in [-0.25, -0.2) is 9.78 Å². The van der Waals surface area contributed by atoms with Gasteiger partial charge in [-0.15, -0.1) is 0 Å². The molecule has 1 aromatic rings. The second-order valence-corrected chi connectivity index (χ2v) is 6.38. The number of anilines is 1. The van der Waals surface area contributed by atoms with E-state index in [1.165, 1.54) is 24.6 Å². The molecule has 7 heteroatoms. The van der Waals surface area contributed by atoms with E-state index in [-0.39, 0.29) is 11.2 Å². The summed E-state index contributed by atoms with van der Waals surface area (Å²) in [5.41, 5.74) is 0. The molecule has 0 aromatic carbocycles. The van der Waals surface area contributed by atoms with E-state index in [2.05, 4.69) is 15.0 Å². The minimum atomic E-state index is -0.803. The van der Waals surface area contributed by atoms with Crippen molar-refractivity contribution in [3.8, 4) is 0 Å². The molecule has 0 fully saturated rings. The number of esters is 1. The summed E-state index contributed by atoms with van der Waals surface area (Å²) in [7, 11) is 0.538. The first-order chi connectivity index (χ1) is 8.04. The van der Waals surface area contributed by atoms with Gasteiger partial charge in [-0.2, -0.15) is 0 Å². The Morgan fingerprint density at radius 1 is 1.71 bits per heavy atom. The first-order valence-corrected chi connectivity index (χ1v) is 7.58. The third kappa shape index (κ3) is 4.43. The highest BCUT2D eigenvalue weighted by Gasteiger charge is 2.10. The second-order valence-electron chi connectivity index (χ2n) is 3.55. The van der Waals surface area contributed by atoms with Gasteiger partial charge in [0.15, 0.2) is 5.13 Å². The molecule has 2 unspecified atom stereocenters. The molecule has 17 heavy (non-hydrogen) atoms. The van der Waals surface area contributed by atoms with Crippen molar-refractivity contribution in [3.05, 3.63) is 11.1 Å². The molecule has 0 aliphatic rings. The smallest absolute Gasteiger partial charge is 0.349 e. The van der Waals surface area contributed by atoms with Gasteiger partial charge in [0.25, 0.3) is 0 Å². The van der Waals surface area contributed by atoms with Crippen LogP contribution in [-0.4, -0.2) is 40.3 Å². The lowest BCUT2D eigenvalue weighted by molar-refractivity contribution is 0.0606. The largest absolute Gasteiger partial charge is 0.465 e. The van der Waals surface area contributed by atoms with E-state index in [4.69, 9.17) is 0 Å². The Morgan fingerprint density at radius 2 is 2.41 bits per heavy atom. The maximum atomic E-state index is 11.2. The fourth-order valence-electron chi connectivity index (χ4n) is 1.10. The predicted octanol–water partition coefficient (Wildman–Crippen LogP) is 1.50. The first-order valence-electron chi connectivity index (χ1n) is 5.14. The van der Waals surface area contributed by atoms with Crippen molar-refractivity contribution >= 4 is 33.2 Å². The highest BCUT2D eigenvalue weighted by molar-refractivity contribution is 7.84. The van der Waals surface area contributed by atoms with E-state index in [1.54, 1.807) is 6.26 Å². The van der Waals surface area contributed by atoms with Crippen LogP contribution in [0.25, 0.3) is 0 Å². The summed E-state index contributed by atoms with van der Waals surface area (Å²) in [6.07, 6.45) is 3.99. The Labute approximate surface area is 107 Å². The topological polar surface area (TPSA) is 68.3 Å². The van der Waals surface area contributed by atoms with Gasteiger partial charge in [-0.1, -0.05) is 18.3 Å². The normalized spacial score (nSPS) is 14.1. The number of rotatable bonds is 6. The van der Waals surface area contributed by atoms with Crippen LogP contribution in [0.2, 0.25) is 0 Å². The van der Waals surface area contributed by atoms with Gasteiger partial charge in [0.05, 0.1) is 13.3 Å². The maximum absolute atomic E-state index is 11.2. The summed E-state index contributed by atoms with van der Waals surface area (Å²) in [5, 5.41) is 3.93. The number of carbonyl (C=O) groups is 1. The molecule has 1 heterocycles. The summed E-state index contributed by atoms with van der Waals surface area (Å²) in [4.78, 5) is 15.7. The third-order valence-electron chi connectivity index (χ3n) is 2.29. The average Bonchev–Trinajstić information content (AvgIpc) is 2.76. The molecule has 0 bridgehead atoms. The van der Waals surface area contributed by atoms with Gasteiger partial charge in [-0.3, -0.25) is 4.21 Å². The number of carbonyl (C=O) groups excluding carboxylic acids is 1. The SMILES string of the molecule is COC(=O)c1cnc(NCCC(C)S(C)=O)s1. The zero-order valence-electron chi connectivity index (χ0n) is 10.1. The molecular weight excluding hydrogens is 260 g/mol. The van der Waals surface area contributed by atoms with Crippen LogP contribution in [0.15, 0.2) is 6.20 Å². The van der Waals surface area contributed by atoms with Gasteiger partial charge < -0.3 is 10.1 Å². The van der Waals surface area contributed by atoms with Crippen LogP contribution in [0, 0.1) is 0 Å². The van der Waals surface area contributed by atoms with Crippen LogP contribution in [0.4, 0.5) is 5.13 Å². The number of ether oxygens (including phenoxy) is 1. The highest BCUT2D eigenvalue weighted by atomic mass is 32.2. The van der Waals surface area contributed by atoms with Crippen LogP contribution < -0.4 is 5.32 Å². The molecule has 0 aliphatic heterocycles. The van der Waals surface area contributed by atoms with Gasteiger partial charge in [0.1, 0.15) is 4.88 Å². The van der Waals surface area contributed by atoms with Crippen molar-refractivity contribution in [1.82, 2.24) is 4.98 Å². The van der Waals surface area contributed by atoms with Crippen molar-refractivity contribution in [2.75, 3.05) is 25.2 Å². The Morgan fingerprint density at radius 3 is 3.00 bits per heavy atom. The second kappa shape index (κ2) is 6.70. The Bertz CT molecular complexity index is 406. The minimum absolute atomic E-state index is 0.155. The molecule has 0 spiro atoms. The van der Waals surface area contributed by atoms with Crippen molar-refractivity contribution in [1.29, 1.82) is 0 Å². The van der Waals surface area contributed by atoms with Crippen LogP contribution in [0.3, 0.4) is 0 Å². The fraction of sp³-hybridized carbons (Fsp3) is 0.600. The molecule has 0 radical (unpaired) electrons. The molecule has 2 atom stereocenters. The molecular formula is C10H16N2O3S2. The van der Waals surface area contributed by atoms with Gasteiger partial charge in [-0.05, 0) is 6.42 Å². The lowest BCUT2D eigenvalue weighted by Crippen LogP contribution is -2.14. The number of hydrogen-bond acceptors (Lipinski definition) is 6. The van der Waals surface area contributed by atoms with E-state index in [1.807, 2.05) is 6.92 Å². The summed E-state index contributed by atoms with van der Waals surface area (Å²) >= 11 is 1.25. The van der Waals surface area contributed by atoms with E-state index in [0.29, 0.717) is 16.6 Å². The zero-order valence-corrected chi connectivity index (χ0v) is 11.7. The van der Waals surface area contributed by atoms with Crippen LogP contribution >= 0.6 is 11.3 Å². The number of nitrogens with one attached hydrogen (secondary N) is 1. The molecule has 5 nitrogen and oxygen atoms in total. The Kier molecular flexibility index (Phi) is 5.57. The molecule has 0 aliphatic carbocycles. The van der Waals surface area contributed by atoms with Crippen molar-refractivity contribution in [2.45, 2.75) is 18.6 Å². The Hall–Kier alpha value is -0.950. The summed E-state index contributed by atoms with van der Waals surface area (Å²) in [6, 6.07) is 0. The van der Waals surface area contributed by atoms with E-state index in [0.717, 1.165) is 6.42 Å². The maximum Gasteiger partial charge on any atom is 0.349 e. The molecule has 0 amide bonds. The van der Waals surface area contributed by atoms with Crippen molar-refractivity contribution < 1.29 is 13.7 Å². The van der Waals surface area contributed by atoms with Gasteiger partial charge in [0.2, 0.25) is 0 Å². The number of thiazole rings is 1. The van der Waals surface area contributed by atoms with Crippen molar-refractivity contribution in [3.63, 3.8) is 0 Å². The van der Waals surface area contributed by atoms with E-state index < -0.39 is 10.8 Å². The van der Waals surface area contributed by atoms with Crippen LogP contribution in [0.1, 0.15) is 23.0 Å². The molecule has 1 rings (SSSR count). The lowest BCUT2D eigenvalue weighted by Gasteiger charge is -2.07. The average molecular weight is 276 g/mol. The summed E-state index contributed by atoms with van der Waals surface area (Å²) < 4.78 is 15.7. The number of methoxy groups -OCH3 is 1. The van der Waals surface area contributed by atoms with E-state index in [9.17, 15) is 9.00 Å². The molecule has 0 saturated heterocycles. The number of nitrogens with zero attached hydrogens (tertiary/aromatic N) is 1.